The third kappa shape index (κ3) is 1.76. The van der Waals surface area contributed by atoms with Crippen LogP contribution in [0.4, 0.5) is 0 Å². The molecular weight excluding hydrogens is 254 g/mol. The minimum Gasteiger partial charge on any atom is -0.205 e. The van der Waals surface area contributed by atoms with Gasteiger partial charge in [-0.15, -0.1) is 15.6 Å². The summed E-state index contributed by atoms with van der Waals surface area (Å²) in [6.45, 7) is 1.78. The lowest BCUT2D eigenvalue weighted by Crippen LogP contribution is -2.12. The van der Waals surface area contributed by atoms with Crippen molar-refractivity contribution in [3.63, 3.8) is 0 Å². The lowest BCUT2D eigenvalue weighted by molar-refractivity contribution is 0.595. The molecule has 0 atom stereocenters. The SMILES string of the molecule is Cc1c(S(=O)(=O)NCl)sc2ccccc12. The van der Waals surface area contributed by atoms with Gasteiger partial charge in [-0.05, 0) is 35.7 Å². The van der Waals surface area contributed by atoms with Gasteiger partial charge in [-0.25, -0.2) is 8.42 Å². The topological polar surface area (TPSA) is 46.2 Å². The highest BCUT2D eigenvalue weighted by Gasteiger charge is 2.20. The van der Waals surface area contributed by atoms with Crippen molar-refractivity contribution in [1.29, 1.82) is 0 Å². The lowest BCUT2D eigenvalue weighted by atomic mass is 10.2. The van der Waals surface area contributed by atoms with Crippen LogP contribution in [0.15, 0.2) is 28.5 Å². The summed E-state index contributed by atoms with van der Waals surface area (Å²) in [5.41, 5.74) is 0.740. The molecule has 6 heteroatoms. The predicted molar refractivity (Wildman–Crippen MR) is 62.7 cm³/mol. The molecule has 0 saturated carbocycles. The standard InChI is InChI=1S/C9H8ClNO2S2/c1-6-7-4-2-3-5-8(7)14-9(6)15(12,13)11-10/h2-5,11H,1H3. The molecule has 0 fully saturated rings. The van der Waals surface area contributed by atoms with Crippen LogP contribution in [0.2, 0.25) is 0 Å². The molecule has 1 aromatic heterocycles. The van der Waals surface area contributed by atoms with Crippen molar-refractivity contribution in [3.05, 3.63) is 29.8 Å². The highest BCUT2D eigenvalue weighted by atomic mass is 35.5. The monoisotopic (exact) mass is 261 g/mol. The maximum absolute atomic E-state index is 11.6. The van der Waals surface area contributed by atoms with Gasteiger partial charge >= 0.3 is 0 Å². The van der Waals surface area contributed by atoms with E-state index in [-0.39, 0.29) is 4.21 Å². The molecule has 1 N–H and O–H groups in total. The van der Waals surface area contributed by atoms with E-state index in [1.807, 2.05) is 28.5 Å². The minimum atomic E-state index is -3.56. The Hall–Kier alpha value is -0.620. The Morgan fingerprint density at radius 2 is 2.00 bits per heavy atom. The van der Waals surface area contributed by atoms with Crippen LogP contribution in [0, 0.1) is 6.92 Å². The van der Waals surface area contributed by atoms with E-state index in [0.717, 1.165) is 15.6 Å². The Bertz CT molecular complexity index is 604. The molecule has 15 heavy (non-hydrogen) atoms. The van der Waals surface area contributed by atoms with Gasteiger partial charge in [-0.3, -0.25) is 0 Å². The van der Waals surface area contributed by atoms with Crippen molar-refractivity contribution in [2.24, 2.45) is 0 Å². The normalized spacial score (nSPS) is 12.1. The number of fused-ring (bicyclic) bond motifs is 1. The largest absolute Gasteiger partial charge is 0.263 e. The van der Waals surface area contributed by atoms with Crippen LogP contribution in [0.5, 0.6) is 0 Å². The second-order valence-corrected chi connectivity index (χ2v) is 6.43. The van der Waals surface area contributed by atoms with Crippen LogP contribution < -0.4 is 4.24 Å². The van der Waals surface area contributed by atoms with Gasteiger partial charge in [-0.1, -0.05) is 18.2 Å². The number of rotatable bonds is 2. The first-order valence-corrected chi connectivity index (χ1v) is 6.84. The molecule has 0 bridgehead atoms. The number of nitrogens with one attached hydrogen (secondary N) is 1. The first-order valence-electron chi connectivity index (χ1n) is 4.17. The molecule has 0 aliphatic heterocycles. The van der Waals surface area contributed by atoms with Crippen LogP contribution in [0.3, 0.4) is 0 Å². The van der Waals surface area contributed by atoms with Gasteiger partial charge in [0, 0.05) is 4.70 Å². The van der Waals surface area contributed by atoms with E-state index < -0.39 is 10.0 Å². The van der Waals surface area contributed by atoms with Gasteiger partial charge in [0.15, 0.2) is 0 Å². The fourth-order valence-electron chi connectivity index (χ4n) is 1.44. The Labute approximate surface area is 96.8 Å². The van der Waals surface area contributed by atoms with Gasteiger partial charge in [-0.2, -0.15) is 0 Å². The summed E-state index contributed by atoms with van der Waals surface area (Å²) in [4.78, 5) is 0. The molecular formula is C9H8ClNO2S2. The molecule has 80 valence electrons. The van der Waals surface area contributed by atoms with Crippen molar-refractivity contribution in [3.8, 4) is 0 Å². The molecule has 0 radical (unpaired) electrons. The number of thiophene rings is 1. The van der Waals surface area contributed by atoms with E-state index in [1.165, 1.54) is 11.3 Å². The van der Waals surface area contributed by atoms with E-state index in [4.69, 9.17) is 11.8 Å². The maximum atomic E-state index is 11.6. The summed E-state index contributed by atoms with van der Waals surface area (Å²) in [5, 5.41) is 0.952. The van der Waals surface area contributed by atoms with Crippen LogP contribution in [0.1, 0.15) is 5.56 Å². The second kappa shape index (κ2) is 3.75. The van der Waals surface area contributed by atoms with Gasteiger partial charge in [0.1, 0.15) is 4.21 Å². The van der Waals surface area contributed by atoms with Crippen molar-refractivity contribution in [2.75, 3.05) is 0 Å². The van der Waals surface area contributed by atoms with Crippen molar-refractivity contribution in [1.82, 2.24) is 4.24 Å². The molecule has 0 saturated heterocycles. The molecule has 0 aliphatic carbocycles. The Kier molecular flexibility index (Phi) is 2.72. The van der Waals surface area contributed by atoms with Crippen LogP contribution >= 0.6 is 23.1 Å². The maximum Gasteiger partial charge on any atom is 0.263 e. The van der Waals surface area contributed by atoms with Crippen molar-refractivity contribution < 1.29 is 8.42 Å². The number of benzene rings is 1. The smallest absolute Gasteiger partial charge is 0.205 e. The first kappa shape index (κ1) is 10.9. The minimum absolute atomic E-state index is 0.277. The Morgan fingerprint density at radius 1 is 1.33 bits per heavy atom. The molecule has 0 aliphatic rings. The number of aryl methyl sites for hydroxylation is 1. The second-order valence-electron chi connectivity index (χ2n) is 3.09. The number of hydrogen-bond acceptors (Lipinski definition) is 3. The Balaban J connectivity index is 2.80. The van der Waals surface area contributed by atoms with Crippen molar-refractivity contribution in [2.45, 2.75) is 11.1 Å². The fraction of sp³-hybridized carbons (Fsp3) is 0.111. The van der Waals surface area contributed by atoms with E-state index in [1.54, 1.807) is 6.92 Å². The summed E-state index contributed by atoms with van der Waals surface area (Å²) in [6, 6.07) is 7.55. The molecule has 2 rings (SSSR count). The number of sulfonamides is 1. The molecule has 1 heterocycles. The molecule has 2 aromatic rings. The van der Waals surface area contributed by atoms with Gasteiger partial charge < -0.3 is 0 Å². The van der Waals surface area contributed by atoms with E-state index in [2.05, 4.69) is 0 Å². The van der Waals surface area contributed by atoms with Crippen LogP contribution in [0.25, 0.3) is 10.1 Å². The van der Waals surface area contributed by atoms with Crippen LogP contribution in [-0.4, -0.2) is 8.42 Å². The summed E-state index contributed by atoms with van der Waals surface area (Å²) in [5.74, 6) is 0. The molecule has 0 amide bonds. The summed E-state index contributed by atoms with van der Waals surface area (Å²) < 4.78 is 26.2. The summed E-state index contributed by atoms with van der Waals surface area (Å²) in [6.07, 6.45) is 0. The zero-order valence-electron chi connectivity index (χ0n) is 7.82. The van der Waals surface area contributed by atoms with E-state index in [9.17, 15) is 8.42 Å². The first-order chi connectivity index (χ1) is 7.06. The quantitative estimate of drug-likeness (QED) is 0.845. The lowest BCUT2D eigenvalue weighted by Gasteiger charge is -1.97. The van der Waals surface area contributed by atoms with E-state index in [0.29, 0.717) is 0 Å². The van der Waals surface area contributed by atoms with Gasteiger partial charge in [0.2, 0.25) is 0 Å². The molecule has 3 nitrogen and oxygen atoms in total. The fourth-order valence-corrected chi connectivity index (χ4v) is 4.17. The summed E-state index contributed by atoms with van der Waals surface area (Å²) in [7, 11) is -3.56. The average molecular weight is 262 g/mol. The highest BCUT2D eigenvalue weighted by Crippen LogP contribution is 2.33. The van der Waals surface area contributed by atoms with Gasteiger partial charge in [0.25, 0.3) is 10.0 Å². The zero-order chi connectivity index (χ0) is 11.1. The number of halogens is 1. The predicted octanol–water partition coefficient (Wildman–Crippen LogP) is 2.64. The van der Waals surface area contributed by atoms with Gasteiger partial charge in [0.05, 0.1) is 0 Å². The molecule has 1 aromatic carbocycles. The average Bonchev–Trinajstić information content (AvgIpc) is 2.58. The van der Waals surface area contributed by atoms with Crippen LogP contribution in [-0.2, 0) is 10.0 Å². The van der Waals surface area contributed by atoms with Crippen molar-refractivity contribution >= 4 is 43.2 Å². The summed E-state index contributed by atoms with van der Waals surface area (Å²) >= 11 is 6.42. The third-order valence-electron chi connectivity index (χ3n) is 2.15. The number of hydrogen-bond donors (Lipinski definition) is 1. The molecule has 0 spiro atoms. The molecule has 0 unspecified atom stereocenters. The highest BCUT2D eigenvalue weighted by molar-refractivity contribution is 7.92. The van der Waals surface area contributed by atoms with E-state index >= 15 is 0 Å². The Morgan fingerprint density at radius 3 is 2.60 bits per heavy atom. The third-order valence-corrected chi connectivity index (χ3v) is 5.73. The zero-order valence-corrected chi connectivity index (χ0v) is 10.2.